The van der Waals surface area contributed by atoms with Crippen molar-refractivity contribution in [3.8, 4) is 0 Å². The average Bonchev–Trinajstić information content (AvgIpc) is 2.80. The molecule has 96 valence electrons. The zero-order valence-corrected chi connectivity index (χ0v) is 11.4. The number of pyridine rings is 1. The quantitative estimate of drug-likeness (QED) is 0.805. The van der Waals surface area contributed by atoms with Gasteiger partial charge < -0.3 is 5.32 Å². The van der Waals surface area contributed by atoms with Gasteiger partial charge in [-0.1, -0.05) is 28.1 Å². The first kappa shape index (κ1) is 12.1. The third-order valence-corrected chi connectivity index (χ3v) is 3.19. The molecule has 0 aliphatic rings. The van der Waals surface area contributed by atoms with E-state index in [0.29, 0.717) is 18.1 Å². The maximum absolute atomic E-state index is 13.0. The molecule has 3 rings (SSSR count). The monoisotopic (exact) mass is 320 g/mol. The first-order chi connectivity index (χ1) is 9.20. The second-order valence-corrected chi connectivity index (χ2v) is 4.98. The van der Waals surface area contributed by atoms with E-state index in [1.54, 1.807) is 6.07 Å². The fourth-order valence-electron chi connectivity index (χ4n) is 1.72. The molecular weight excluding hydrogens is 311 g/mol. The van der Waals surface area contributed by atoms with Crippen molar-refractivity contribution in [2.24, 2.45) is 0 Å². The second kappa shape index (κ2) is 4.97. The number of rotatable bonds is 3. The summed E-state index contributed by atoms with van der Waals surface area (Å²) in [5.74, 6) is 0.144. The van der Waals surface area contributed by atoms with E-state index in [4.69, 9.17) is 0 Å². The van der Waals surface area contributed by atoms with Crippen LogP contribution in [0.5, 0.6) is 0 Å². The first-order valence-corrected chi connectivity index (χ1v) is 6.50. The van der Waals surface area contributed by atoms with Gasteiger partial charge in [0.25, 0.3) is 0 Å². The Morgan fingerprint density at radius 3 is 2.74 bits per heavy atom. The van der Waals surface area contributed by atoms with E-state index in [2.05, 4.69) is 31.3 Å². The number of aromatic nitrogens is 3. The average molecular weight is 321 g/mol. The van der Waals surface area contributed by atoms with Gasteiger partial charge in [-0.25, -0.2) is 8.91 Å². The van der Waals surface area contributed by atoms with Crippen LogP contribution in [0.4, 0.5) is 10.3 Å². The van der Waals surface area contributed by atoms with Crippen molar-refractivity contribution in [1.82, 2.24) is 14.6 Å². The number of hydrogen-bond donors (Lipinski definition) is 1. The van der Waals surface area contributed by atoms with Crippen LogP contribution in [0.15, 0.2) is 47.1 Å². The highest BCUT2D eigenvalue weighted by Crippen LogP contribution is 2.12. The molecule has 2 aromatic heterocycles. The van der Waals surface area contributed by atoms with Gasteiger partial charge in [0, 0.05) is 11.0 Å². The highest BCUT2D eigenvalue weighted by atomic mass is 79.9. The van der Waals surface area contributed by atoms with Crippen LogP contribution in [-0.2, 0) is 6.54 Å². The van der Waals surface area contributed by atoms with Crippen molar-refractivity contribution in [3.63, 3.8) is 0 Å². The molecule has 0 radical (unpaired) electrons. The lowest BCUT2D eigenvalue weighted by molar-refractivity contribution is 0.615. The van der Waals surface area contributed by atoms with Gasteiger partial charge in [0.1, 0.15) is 5.82 Å². The lowest BCUT2D eigenvalue weighted by atomic mass is 10.2. The molecule has 0 unspecified atom stereocenters. The molecule has 1 aromatic carbocycles. The van der Waals surface area contributed by atoms with Gasteiger partial charge in [0.2, 0.25) is 5.95 Å². The third kappa shape index (κ3) is 2.73. The van der Waals surface area contributed by atoms with Crippen LogP contribution >= 0.6 is 15.9 Å². The largest absolute Gasteiger partial charge is 0.349 e. The summed E-state index contributed by atoms with van der Waals surface area (Å²) < 4.78 is 15.5. The van der Waals surface area contributed by atoms with Crippen LogP contribution in [-0.4, -0.2) is 14.6 Å². The fraction of sp³-hybridized carbons (Fsp3) is 0.0769. The molecule has 0 atom stereocenters. The molecule has 0 fully saturated rings. The second-order valence-electron chi connectivity index (χ2n) is 4.07. The zero-order valence-electron chi connectivity index (χ0n) is 9.85. The number of fused-ring (bicyclic) bond motifs is 1. The van der Waals surface area contributed by atoms with Crippen LogP contribution < -0.4 is 5.32 Å². The number of benzene rings is 1. The van der Waals surface area contributed by atoms with Crippen molar-refractivity contribution in [3.05, 3.63) is 58.4 Å². The zero-order chi connectivity index (χ0) is 13.2. The Morgan fingerprint density at radius 2 is 1.95 bits per heavy atom. The predicted molar refractivity (Wildman–Crippen MR) is 74.4 cm³/mol. The Bertz CT molecular complexity index is 708. The van der Waals surface area contributed by atoms with Crippen molar-refractivity contribution in [1.29, 1.82) is 0 Å². The molecule has 0 aliphatic carbocycles. The van der Waals surface area contributed by atoms with Crippen molar-refractivity contribution in [2.45, 2.75) is 6.54 Å². The number of nitrogens with one attached hydrogen (secondary N) is 1. The van der Waals surface area contributed by atoms with E-state index in [1.807, 2.05) is 24.3 Å². The molecule has 6 heteroatoms. The maximum Gasteiger partial charge on any atom is 0.243 e. The van der Waals surface area contributed by atoms with Crippen molar-refractivity contribution in [2.75, 3.05) is 5.32 Å². The van der Waals surface area contributed by atoms with E-state index >= 15 is 0 Å². The fourth-order valence-corrected chi connectivity index (χ4v) is 1.98. The van der Waals surface area contributed by atoms with E-state index in [9.17, 15) is 4.39 Å². The van der Waals surface area contributed by atoms with Crippen LogP contribution in [0, 0.1) is 5.82 Å². The smallest absolute Gasteiger partial charge is 0.243 e. The Labute approximate surface area is 117 Å². The topological polar surface area (TPSA) is 42.2 Å². The summed E-state index contributed by atoms with van der Waals surface area (Å²) >= 11 is 3.39. The standard InChI is InChI=1S/C13H10BrFN4/c14-10-3-1-9(2-4-10)7-16-13-17-12-6-5-11(15)8-19(12)18-13/h1-6,8H,7H2,(H,16,18). The van der Waals surface area contributed by atoms with E-state index in [-0.39, 0.29) is 5.82 Å². The van der Waals surface area contributed by atoms with E-state index in [0.717, 1.165) is 10.0 Å². The van der Waals surface area contributed by atoms with E-state index in [1.165, 1.54) is 16.8 Å². The lowest BCUT2D eigenvalue weighted by Crippen LogP contribution is -2.01. The summed E-state index contributed by atoms with van der Waals surface area (Å²) in [5.41, 5.74) is 1.73. The van der Waals surface area contributed by atoms with Gasteiger partial charge >= 0.3 is 0 Å². The summed E-state index contributed by atoms with van der Waals surface area (Å²) in [6, 6.07) is 10.9. The van der Waals surface area contributed by atoms with Crippen LogP contribution in [0.25, 0.3) is 5.65 Å². The lowest BCUT2D eigenvalue weighted by Gasteiger charge is -2.01. The molecule has 0 saturated heterocycles. The number of nitrogens with zero attached hydrogens (tertiary/aromatic N) is 3. The molecule has 4 nitrogen and oxygen atoms in total. The highest BCUT2D eigenvalue weighted by molar-refractivity contribution is 9.10. The van der Waals surface area contributed by atoms with Gasteiger partial charge in [-0.05, 0) is 29.8 Å². The molecule has 0 spiro atoms. The molecule has 3 aromatic rings. The van der Waals surface area contributed by atoms with Gasteiger partial charge in [-0.2, -0.15) is 4.98 Å². The molecule has 0 aliphatic heterocycles. The number of hydrogen-bond acceptors (Lipinski definition) is 3. The van der Waals surface area contributed by atoms with Crippen LogP contribution in [0.2, 0.25) is 0 Å². The SMILES string of the molecule is Fc1ccc2nc(NCc3ccc(Br)cc3)nn2c1. The third-order valence-electron chi connectivity index (χ3n) is 2.66. The van der Waals surface area contributed by atoms with Gasteiger partial charge in [0.15, 0.2) is 5.65 Å². The Balaban J connectivity index is 1.76. The molecule has 0 bridgehead atoms. The summed E-state index contributed by atoms with van der Waals surface area (Å²) in [4.78, 5) is 4.25. The molecule has 0 amide bonds. The normalized spacial score (nSPS) is 10.8. The maximum atomic E-state index is 13.0. The first-order valence-electron chi connectivity index (χ1n) is 5.71. The Hall–Kier alpha value is -1.95. The van der Waals surface area contributed by atoms with Crippen molar-refractivity contribution < 1.29 is 4.39 Å². The minimum Gasteiger partial charge on any atom is -0.349 e. The molecule has 19 heavy (non-hydrogen) atoms. The van der Waals surface area contributed by atoms with Gasteiger partial charge in [-0.15, -0.1) is 5.10 Å². The summed E-state index contributed by atoms with van der Waals surface area (Å²) in [6.07, 6.45) is 1.30. The van der Waals surface area contributed by atoms with Crippen molar-refractivity contribution >= 4 is 27.5 Å². The minimum absolute atomic E-state index is 0.336. The van der Waals surface area contributed by atoms with Crippen LogP contribution in [0.3, 0.4) is 0 Å². The number of halogens is 2. The number of anilines is 1. The summed E-state index contributed by atoms with van der Waals surface area (Å²) in [5, 5.41) is 7.26. The van der Waals surface area contributed by atoms with Crippen LogP contribution in [0.1, 0.15) is 5.56 Å². The van der Waals surface area contributed by atoms with E-state index < -0.39 is 0 Å². The highest BCUT2D eigenvalue weighted by Gasteiger charge is 2.03. The van der Waals surface area contributed by atoms with Gasteiger partial charge in [0.05, 0.1) is 6.20 Å². The Kier molecular flexibility index (Phi) is 3.16. The Morgan fingerprint density at radius 1 is 1.16 bits per heavy atom. The molecule has 0 saturated carbocycles. The molecular formula is C13H10BrFN4. The summed E-state index contributed by atoms with van der Waals surface area (Å²) in [6.45, 7) is 0.618. The van der Waals surface area contributed by atoms with Gasteiger partial charge in [-0.3, -0.25) is 0 Å². The minimum atomic E-state index is -0.336. The molecule has 1 N–H and O–H groups in total. The summed E-state index contributed by atoms with van der Waals surface area (Å²) in [7, 11) is 0. The molecule has 2 heterocycles. The predicted octanol–water partition coefficient (Wildman–Crippen LogP) is 3.24.